The molecule has 0 aliphatic heterocycles. The monoisotopic (exact) mass is 230 g/mol. The molecular weight excluding hydrogens is 204 g/mol. The molecular formula is C12H26O2Si. The lowest BCUT2D eigenvalue weighted by Gasteiger charge is -2.24. The molecule has 0 aliphatic carbocycles. The van der Waals surface area contributed by atoms with E-state index < -0.39 is 8.32 Å². The number of hydrogen-bond donors (Lipinski definition) is 0. The van der Waals surface area contributed by atoms with Crippen molar-refractivity contribution in [1.29, 1.82) is 0 Å². The lowest BCUT2D eigenvalue weighted by Crippen LogP contribution is -2.34. The Hall–Kier alpha value is -0.313. The molecule has 0 unspecified atom stereocenters. The average molecular weight is 230 g/mol. The summed E-state index contributed by atoms with van der Waals surface area (Å²) in [6, 6.07) is 1.06. The lowest BCUT2D eigenvalue weighted by atomic mass is 10.2. The van der Waals surface area contributed by atoms with Crippen molar-refractivity contribution < 1.29 is 9.22 Å². The van der Waals surface area contributed by atoms with Crippen molar-refractivity contribution in [2.24, 2.45) is 5.92 Å². The summed E-state index contributed by atoms with van der Waals surface area (Å²) in [6.07, 6.45) is 3.85. The minimum absolute atomic E-state index is 0.0146. The van der Waals surface area contributed by atoms with Crippen LogP contribution < -0.4 is 0 Å². The molecule has 0 amide bonds. The molecule has 0 heterocycles. The van der Waals surface area contributed by atoms with Gasteiger partial charge < -0.3 is 4.43 Å². The van der Waals surface area contributed by atoms with Gasteiger partial charge in [0.25, 0.3) is 5.97 Å². The van der Waals surface area contributed by atoms with E-state index in [0.29, 0.717) is 12.3 Å². The van der Waals surface area contributed by atoms with E-state index in [1.807, 2.05) is 0 Å². The highest BCUT2D eigenvalue weighted by atomic mass is 28.4. The quantitative estimate of drug-likeness (QED) is 0.488. The molecule has 90 valence electrons. The van der Waals surface area contributed by atoms with E-state index in [0.717, 1.165) is 25.3 Å². The van der Waals surface area contributed by atoms with Crippen molar-refractivity contribution >= 4 is 14.3 Å². The first-order chi connectivity index (χ1) is 6.87. The molecule has 0 aromatic carbocycles. The van der Waals surface area contributed by atoms with Crippen LogP contribution >= 0.6 is 0 Å². The van der Waals surface area contributed by atoms with Crippen LogP contribution in [0.5, 0.6) is 0 Å². The van der Waals surface area contributed by atoms with Crippen LogP contribution in [-0.2, 0) is 9.22 Å². The molecule has 0 rings (SSSR count). The molecule has 15 heavy (non-hydrogen) atoms. The normalized spacial score (nSPS) is 11.9. The van der Waals surface area contributed by atoms with E-state index in [9.17, 15) is 4.79 Å². The predicted molar refractivity (Wildman–Crippen MR) is 67.4 cm³/mol. The van der Waals surface area contributed by atoms with E-state index in [2.05, 4.69) is 33.9 Å². The number of carbonyl (C=O) groups is 1. The molecule has 3 heteroatoms. The Labute approximate surface area is 95.5 Å². The van der Waals surface area contributed by atoms with Crippen LogP contribution in [-0.4, -0.2) is 14.3 Å². The summed E-state index contributed by atoms with van der Waals surface area (Å²) in [5.74, 6) is 0.635. The standard InChI is InChI=1S/C12H26O2Si/c1-6-7-8-9-12(13)14-15(4,5)10-11(2)3/h11H,6-10H2,1-5H3. The molecule has 0 radical (unpaired) electrons. The van der Waals surface area contributed by atoms with Gasteiger partial charge in [-0.1, -0.05) is 33.6 Å². The third kappa shape index (κ3) is 8.67. The number of carbonyl (C=O) groups excluding carboxylic acids is 1. The second-order valence-corrected chi connectivity index (χ2v) is 9.42. The fourth-order valence-corrected chi connectivity index (χ4v) is 4.67. The predicted octanol–water partition coefficient (Wildman–Crippen LogP) is 3.97. The Morgan fingerprint density at radius 2 is 1.87 bits per heavy atom. The number of hydrogen-bond acceptors (Lipinski definition) is 2. The van der Waals surface area contributed by atoms with Crippen LogP contribution in [0.15, 0.2) is 0 Å². The maximum atomic E-state index is 11.5. The molecule has 0 bridgehead atoms. The van der Waals surface area contributed by atoms with Crippen LogP contribution in [0.4, 0.5) is 0 Å². The highest BCUT2D eigenvalue weighted by Crippen LogP contribution is 2.18. The van der Waals surface area contributed by atoms with Gasteiger partial charge in [0.2, 0.25) is 8.32 Å². The zero-order valence-corrected chi connectivity index (χ0v) is 11.9. The summed E-state index contributed by atoms with van der Waals surface area (Å²) in [6.45, 7) is 10.8. The molecule has 0 aromatic rings. The largest absolute Gasteiger partial charge is 0.520 e. The summed E-state index contributed by atoms with van der Waals surface area (Å²) in [4.78, 5) is 11.5. The molecule has 2 nitrogen and oxygen atoms in total. The second-order valence-electron chi connectivity index (χ2n) is 5.29. The third-order valence-electron chi connectivity index (χ3n) is 2.27. The minimum Gasteiger partial charge on any atom is -0.520 e. The highest BCUT2D eigenvalue weighted by molar-refractivity contribution is 6.72. The van der Waals surface area contributed by atoms with Crippen LogP contribution in [0.25, 0.3) is 0 Å². The summed E-state index contributed by atoms with van der Waals surface area (Å²) >= 11 is 0. The van der Waals surface area contributed by atoms with Crippen LogP contribution in [0, 0.1) is 5.92 Å². The van der Waals surface area contributed by atoms with Gasteiger partial charge in [0.15, 0.2) is 0 Å². The molecule has 0 aliphatic rings. The second kappa shape index (κ2) is 7.04. The molecule has 0 saturated heterocycles. The van der Waals surface area contributed by atoms with Crippen molar-refractivity contribution in [2.45, 2.75) is 65.6 Å². The van der Waals surface area contributed by atoms with Gasteiger partial charge in [-0.25, -0.2) is 0 Å². The zero-order valence-electron chi connectivity index (χ0n) is 10.9. The first-order valence-corrected chi connectivity index (χ1v) is 9.20. The van der Waals surface area contributed by atoms with Gasteiger partial charge in [0, 0.05) is 6.42 Å². The Morgan fingerprint density at radius 3 is 2.33 bits per heavy atom. The Morgan fingerprint density at radius 1 is 1.27 bits per heavy atom. The topological polar surface area (TPSA) is 26.3 Å². The molecule has 0 fully saturated rings. The van der Waals surface area contributed by atoms with E-state index in [1.165, 1.54) is 0 Å². The van der Waals surface area contributed by atoms with E-state index in [4.69, 9.17) is 4.43 Å². The Balaban J connectivity index is 3.83. The van der Waals surface area contributed by atoms with Gasteiger partial charge in [0.05, 0.1) is 0 Å². The Bertz CT molecular complexity index is 188. The van der Waals surface area contributed by atoms with Crippen molar-refractivity contribution in [1.82, 2.24) is 0 Å². The molecule has 0 N–H and O–H groups in total. The van der Waals surface area contributed by atoms with E-state index in [-0.39, 0.29) is 5.97 Å². The minimum atomic E-state index is -1.74. The van der Waals surface area contributed by atoms with E-state index in [1.54, 1.807) is 0 Å². The SMILES string of the molecule is CCCCCC(=O)O[Si](C)(C)CC(C)C. The van der Waals surface area contributed by atoms with Crippen molar-refractivity contribution in [3.63, 3.8) is 0 Å². The lowest BCUT2D eigenvalue weighted by molar-refractivity contribution is -0.135. The van der Waals surface area contributed by atoms with Gasteiger partial charge in [-0.15, -0.1) is 0 Å². The zero-order chi connectivity index (χ0) is 11.9. The van der Waals surface area contributed by atoms with Crippen molar-refractivity contribution in [3.05, 3.63) is 0 Å². The maximum Gasteiger partial charge on any atom is 0.292 e. The summed E-state index contributed by atoms with van der Waals surface area (Å²) in [5, 5.41) is 0. The molecule has 0 saturated carbocycles. The van der Waals surface area contributed by atoms with Gasteiger partial charge in [0.1, 0.15) is 0 Å². The first kappa shape index (κ1) is 14.7. The average Bonchev–Trinajstić information content (AvgIpc) is 2.00. The van der Waals surface area contributed by atoms with Crippen LogP contribution in [0.2, 0.25) is 19.1 Å². The Kier molecular flexibility index (Phi) is 6.90. The number of rotatable bonds is 7. The third-order valence-corrected chi connectivity index (χ3v) is 4.85. The highest BCUT2D eigenvalue weighted by Gasteiger charge is 2.27. The number of unbranched alkanes of at least 4 members (excludes halogenated alkanes) is 2. The van der Waals surface area contributed by atoms with Crippen LogP contribution in [0.1, 0.15) is 46.5 Å². The van der Waals surface area contributed by atoms with Crippen LogP contribution in [0.3, 0.4) is 0 Å². The summed E-state index contributed by atoms with van der Waals surface area (Å²) < 4.78 is 5.60. The fraction of sp³-hybridized carbons (Fsp3) is 0.917. The molecule has 0 atom stereocenters. The van der Waals surface area contributed by atoms with Crippen molar-refractivity contribution in [3.8, 4) is 0 Å². The smallest absolute Gasteiger partial charge is 0.292 e. The first-order valence-electron chi connectivity index (χ1n) is 6.09. The van der Waals surface area contributed by atoms with E-state index >= 15 is 0 Å². The van der Waals surface area contributed by atoms with Gasteiger partial charge >= 0.3 is 0 Å². The summed E-state index contributed by atoms with van der Waals surface area (Å²) in [5.41, 5.74) is 0. The van der Waals surface area contributed by atoms with Gasteiger partial charge in [-0.2, -0.15) is 0 Å². The van der Waals surface area contributed by atoms with Crippen molar-refractivity contribution in [2.75, 3.05) is 0 Å². The van der Waals surface area contributed by atoms with Gasteiger partial charge in [-0.3, -0.25) is 4.79 Å². The van der Waals surface area contributed by atoms with Gasteiger partial charge in [-0.05, 0) is 31.5 Å². The fourth-order valence-electron chi connectivity index (χ4n) is 1.90. The summed E-state index contributed by atoms with van der Waals surface area (Å²) in [7, 11) is -1.74. The molecule has 0 aromatic heterocycles. The maximum absolute atomic E-state index is 11.5. The molecule has 0 spiro atoms.